The fraction of sp³-hybridized carbons (Fsp3) is 0.625. The van der Waals surface area contributed by atoms with Gasteiger partial charge in [0.2, 0.25) is 0 Å². The number of methoxy groups -OCH3 is 2. The molecule has 1 saturated carbocycles. The molecule has 0 amide bonds. The molecule has 4 nitrogen and oxygen atoms in total. The lowest BCUT2D eigenvalue weighted by Crippen LogP contribution is -2.32. The van der Waals surface area contributed by atoms with Crippen LogP contribution in [0.15, 0.2) is 18.2 Å². The Balaban J connectivity index is 2.10. The average Bonchev–Trinajstić information content (AvgIpc) is 3.30. The highest BCUT2D eigenvalue weighted by Gasteiger charge is 2.21. The van der Waals surface area contributed by atoms with Crippen LogP contribution in [0.25, 0.3) is 0 Å². The van der Waals surface area contributed by atoms with Gasteiger partial charge in [0.25, 0.3) is 0 Å². The first-order valence-corrected chi connectivity index (χ1v) is 7.49. The molecule has 0 unspecified atom stereocenters. The van der Waals surface area contributed by atoms with Gasteiger partial charge in [0, 0.05) is 45.6 Å². The first-order chi connectivity index (χ1) is 10.2. The molecule has 118 valence electrons. The van der Waals surface area contributed by atoms with Crippen LogP contribution < -0.4 is 10.2 Å². The van der Waals surface area contributed by atoms with Crippen molar-refractivity contribution in [2.45, 2.75) is 25.4 Å². The summed E-state index contributed by atoms with van der Waals surface area (Å²) in [6, 6.07) is 5.59. The van der Waals surface area contributed by atoms with E-state index in [9.17, 15) is 4.39 Å². The van der Waals surface area contributed by atoms with Crippen molar-refractivity contribution in [2.75, 3.05) is 45.4 Å². The molecular weight excluding hydrogens is 271 g/mol. The van der Waals surface area contributed by atoms with Crippen molar-refractivity contribution in [3.8, 4) is 0 Å². The Morgan fingerprint density at radius 3 is 2.43 bits per heavy atom. The summed E-state index contributed by atoms with van der Waals surface area (Å²) >= 11 is 0. The summed E-state index contributed by atoms with van der Waals surface area (Å²) in [6.45, 7) is 3.51. The Labute approximate surface area is 126 Å². The van der Waals surface area contributed by atoms with Crippen LogP contribution in [0.5, 0.6) is 0 Å². The van der Waals surface area contributed by atoms with Crippen molar-refractivity contribution in [1.29, 1.82) is 0 Å². The summed E-state index contributed by atoms with van der Waals surface area (Å²) in [7, 11) is 3.38. The largest absolute Gasteiger partial charge is 0.383 e. The maximum absolute atomic E-state index is 13.6. The third kappa shape index (κ3) is 5.26. The Kier molecular flexibility index (Phi) is 6.42. The van der Waals surface area contributed by atoms with E-state index >= 15 is 0 Å². The molecule has 1 aromatic rings. The highest BCUT2D eigenvalue weighted by molar-refractivity contribution is 5.54. The molecule has 0 radical (unpaired) electrons. The molecule has 0 bridgehead atoms. The third-order valence-corrected chi connectivity index (χ3v) is 3.67. The summed E-state index contributed by atoms with van der Waals surface area (Å²) in [6.07, 6.45) is 2.45. The average molecular weight is 296 g/mol. The summed E-state index contributed by atoms with van der Waals surface area (Å²) in [4.78, 5) is 2.19. The number of hydrogen-bond acceptors (Lipinski definition) is 4. The molecule has 0 atom stereocenters. The van der Waals surface area contributed by atoms with Crippen molar-refractivity contribution in [1.82, 2.24) is 5.32 Å². The number of halogens is 1. The topological polar surface area (TPSA) is 33.7 Å². The van der Waals surface area contributed by atoms with Crippen LogP contribution in [-0.2, 0) is 16.0 Å². The summed E-state index contributed by atoms with van der Waals surface area (Å²) in [5, 5.41) is 3.45. The maximum Gasteiger partial charge on any atom is 0.123 e. The second kappa shape index (κ2) is 8.32. The molecule has 0 heterocycles. The Hall–Kier alpha value is -1.17. The summed E-state index contributed by atoms with van der Waals surface area (Å²) in [5.41, 5.74) is 2.05. The van der Waals surface area contributed by atoms with Gasteiger partial charge < -0.3 is 19.7 Å². The van der Waals surface area contributed by atoms with Crippen molar-refractivity contribution >= 4 is 5.69 Å². The molecule has 1 fully saturated rings. The molecule has 1 aliphatic rings. The van der Waals surface area contributed by atoms with Gasteiger partial charge in [-0.1, -0.05) is 0 Å². The van der Waals surface area contributed by atoms with Gasteiger partial charge in [-0.25, -0.2) is 4.39 Å². The van der Waals surface area contributed by atoms with Crippen LogP contribution >= 0.6 is 0 Å². The molecule has 0 spiro atoms. The zero-order valence-electron chi connectivity index (χ0n) is 12.9. The standard InChI is InChI=1S/C16H25FN2O2/c1-20-9-7-19(8-10-21-2)16-6-3-14(17)11-13(16)12-18-15-4-5-15/h3,6,11,15,18H,4-5,7-10,12H2,1-2H3. The number of ether oxygens (including phenoxy) is 2. The zero-order valence-corrected chi connectivity index (χ0v) is 12.9. The molecule has 5 heteroatoms. The fourth-order valence-corrected chi connectivity index (χ4v) is 2.30. The minimum atomic E-state index is -0.190. The van der Waals surface area contributed by atoms with Crippen LogP contribution in [0.3, 0.4) is 0 Å². The highest BCUT2D eigenvalue weighted by Crippen LogP contribution is 2.24. The number of benzene rings is 1. The normalized spacial score (nSPS) is 14.4. The summed E-state index contributed by atoms with van der Waals surface area (Å²) in [5.74, 6) is -0.190. The monoisotopic (exact) mass is 296 g/mol. The summed E-state index contributed by atoms with van der Waals surface area (Å²) < 4.78 is 23.9. The van der Waals surface area contributed by atoms with Crippen LogP contribution in [0, 0.1) is 5.82 Å². The van der Waals surface area contributed by atoms with E-state index in [4.69, 9.17) is 9.47 Å². The van der Waals surface area contributed by atoms with E-state index in [1.54, 1.807) is 20.3 Å². The van der Waals surface area contributed by atoms with Crippen molar-refractivity contribution < 1.29 is 13.9 Å². The van der Waals surface area contributed by atoms with Gasteiger partial charge in [0.1, 0.15) is 5.82 Å². The zero-order chi connectivity index (χ0) is 15.1. The Morgan fingerprint density at radius 1 is 1.19 bits per heavy atom. The van der Waals surface area contributed by atoms with E-state index < -0.39 is 0 Å². The molecule has 1 aliphatic carbocycles. The van der Waals surface area contributed by atoms with E-state index in [1.807, 2.05) is 6.07 Å². The van der Waals surface area contributed by atoms with Crippen LogP contribution in [0.2, 0.25) is 0 Å². The molecule has 1 N–H and O–H groups in total. The molecule has 2 rings (SSSR count). The lowest BCUT2D eigenvalue weighted by Gasteiger charge is -2.27. The Morgan fingerprint density at radius 2 is 1.86 bits per heavy atom. The fourth-order valence-electron chi connectivity index (χ4n) is 2.30. The van der Waals surface area contributed by atoms with Crippen molar-refractivity contribution in [3.05, 3.63) is 29.6 Å². The van der Waals surface area contributed by atoms with Crippen LogP contribution in [0.4, 0.5) is 10.1 Å². The number of nitrogens with one attached hydrogen (secondary N) is 1. The lowest BCUT2D eigenvalue weighted by molar-refractivity contribution is 0.190. The van der Waals surface area contributed by atoms with E-state index in [0.717, 1.165) is 24.3 Å². The van der Waals surface area contributed by atoms with Gasteiger partial charge in [-0.05, 0) is 36.6 Å². The number of rotatable bonds is 10. The predicted octanol–water partition coefficient (Wildman–Crippen LogP) is 2.18. The number of anilines is 1. The molecular formula is C16H25FN2O2. The van der Waals surface area contributed by atoms with E-state index in [0.29, 0.717) is 25.8 Å². The molecule has 0 saturated heterocycles. The quantitative estimate of drug-likeness (QED) is 0.717. The molecule has 0 aromatic heterocycles. The minimum Gasteiger partial charge on any atom is -0.383 e. The van der Waals surface area contributed by atoms with Gasteiger partial charge in [-0.15, -0.1) is 0 Å². The van der Waals surface area contributed by atoms with Gasteiger partial charge in [-0.3, -0.25) is 0 Å². The predicted molar refractivity (Wildman–Crippen MR) is 82.2 cm³/mol. The van der Waals surface area contributed by atoms with Gasteiger partial charge in [0.15, 0.2) is 0 Å². The van der Waals surface area contributed by atoms with Crippen LogP contribution in [-0.4, -0.2) is 46.6 Å². The lowest BCUT2D eigenvalue weighted by atomic mass is 10.1. The van der Waals surface area contributed by atoms with Gasteiger partial charge in [-0.2, -0.15) is 0 Å². The smallest absolute Gasteiger partial charge is 0.123 e. The second-order valence-corrected chi connectivity index (χ2v) is 5.40. The van der Waals surface area contributed by atoms with Gasteiger partial charge in [0.05, 0.1) is 13.2 Å². The molecule has 0 aliphatic heterocycles. The van der Waals surface area contributed by atoms with Crippen LogP contribution in [0.1, 0.15) is 18.4 Å². The SMILES string of the molecule is COCCN(CCOC)c1ccc(F)cc1CNC1CC1. The second-order valence-electron chi connectivity index (χ2n) is 5.40. The minimum absolute atomic E-state index is 0.190. The highest BCUT2D eigenvalue weighted by atomic mass is 19.1. The van der Waals surface area contributed by atoms with E-state index in [2.05, 4.69) is 10.2 Å². The Bertz CT molecular complexity index is 430. The first-order valence-electron chi connectivity index (χ1n) is 7.49. The first kappa shape index (κ1) is 16.2. The third-order valence-electron chi connectivity index (χ3n) is 3.67. The van der Waals surface area contributed by atoms with E-state index in [-0.39, 0.29) is 5.82 Å². The van der Waals surface area contributed by atoms with Gasteiger partial charge >= 0.3 is 0 Å². The van der Waals surface area contributed by atoms with Crippen molar-refractivity contribution in [2.24, 2.45) is 0 Å². The number of nitrogens with zero attached hydrogens (tertiary/aromatic N) is 1. The maximum atomic E-state index is 13.6. The van der Waals surface area contributed by atoms with Crippen molar-refractivity contribution in [3.63, 3.8) is 0 Å². The number of hydrogen-bond donors (Lipinski definition) is 1. The molecule has 1 aromatic carbocycles. The molecule has 21 heavy (non-hydrogen) atoms. The van der Waals surface area contributed by atoms with E-state index in [1.165, 1.54) is 18.9 Å².